The van der Waals surface area contributed by atoms with Crippen molar-refractivity contribution in [2.45, 2.75) is 90.4 Å². The normalized spacial score (nSPS) is 18.7. The van der Waals surface area contributed by atoms with Gasteiger partial charge in [-0.1, -0.05) is 33.6 Å². The number of likely N-dealkylation sites (tertiary alicyclic amines) is 1. The number of esters is 2. The van der Waals surface area contributed by atoms with Gasteiger partial charge in [-0.15, -0.1) is 11.3 Å². The van der Waals surface area contributed by atoms with Crippen molar-refractivity contribution in [3.05, 3.63) is 16.1 Å². The quantitative estimate of drug-likeness (QED) is 0.255. The van der Waals surface area contributed by atoms with Crippen molar-refractivity contribution in [2.75, 3.05) is 34.0 Å². The fourth-order valence-corrected chi connectivity index (χ4v) is 5.23. The Morgan fingerprint density at radius 1 is 1.32 bits per heavy atom. The highest BCUT2D eigenvalue weighted by Gasteiger charge is 2.34. The van der Waals surface area contributed by atoms with E-state index in [1.165, 1.54) is 18.4 Å². The van der Waals surface area contributed by atoms with Crippen molar-refractivity contribution in [3.63, 3.8) is 0 Å². The number of aliphatic hydroxyl groups excluding tert-OH is 1. The van der Waals surface area contributed by atoms with Gasteiger partial charge in [-0.2, -0.15) is 0 Å². The van der Waals surface area contributed by atoms with Crippen LogP contribution in [0.1, 0.15) is 81.2 Å². The SMILES string of the molecule is CCCC(=O)OCN(CCCc1nc(C(=O)OC)cs1)C(O)C(NC(=O)C1CCCCN1C)C(C)CC. The largest absolute Gasteiger partial charge is 0.464 e. The van der Waals surface area contributed by atoms with E-state index in [2.05, 4.69) is 15.2 Å². The Hall–Kier alpha value is -2.08. The molecule has 2 N–H and O–H groups in total. The third kappa shape index (κ3) is 9.63. The van der Waals surface area contributed by atoms with Crippen molar-refractivity contribution >= 4 is 29.2 Å². The number of hydrogen-bond acceptors (Lipinski definition) is 10. The fourth-order valence-electron chi connectivity index (χ4n) is 4.42. The molecule has 4 unspecified atom stereocenters. The lowest BCUT2D eigenvalue weighted by Crippen LogP contribution is -2.59. The van der Waals surface area contributed by atoms with Crippen LogP contribution in [0.2, 0.25) is 0 Å². The Bertz CT molecular complexity index is 866. The smallest absolute Gasteiger partial charge is 0.357 e. The molecule has 0 aliphatic carbocycles. The first-order chi connectivity index (χ1) is 17.7. The Kier molecular flexibility index (Phi) is 13.5. The summed E-state index contributed by atoms with van der Waals surface area (Å²) in [5.74, 6) is -0.871. The van der Waals surface area contributed by atoms with Crippen LogP contribution in [-0.4, -0.2) is 90.0 Å². The van der Waals surface area contributed by atoms with E-state index in [0.717, 1.165) is 37.2 Å². The van der Waals surface area contributed by atoms with Gasteiger partial charge in [-0.3, -0.25) is 14.5 Å². The van der Waals surface area contributed by atoms with Crippen molar-refractivity contribution in [2.24, 2.45) is 5.92 Å². The molecule has 10 nitrogen and oxygen atoms in total. The molecule has 2 rings (SSSR count). The minimum absolute atomic E-state index is 0.00303. The second-order valence-electron chi connectivity index (χ2n) is 9.76. The Labute approximate surface area is 224 Å². The molecule has 1 amide bonds. The van der Waals surface area contributed by atoms with Crippen molar-refractivity contribution in [1.29, 1.82) is 0 Å². The number of carbonyl (C=O) groups excluding carboxylic acids is 3. The van der Waals surface area contributed by atoms with E-state index in [9.17, 15) is 19.5 Å². The van der Waals surface area contributed by atoms with Crippen LogP contribution in [0.15, 0.2) is 5.38 Å². The second-order valence-corrected chi connectivity index (χ2v) is 10.7. The molecule has 4 atom stereocenters. The fraction of sp³-hybridized carbons (Fsp3) is 0.769. The Morgan fingerprint density at radius 2 is 2.08 bits per heavy atom. The molecule has 1 aliphatic rings. The number of aryl methyl sites for hydroxylation is 1. The first kappa shape index (κ1) is 31.1. The first-order valence-corrected chi connectivity index (χ1v) is 14.2. The van der Waals surface area contributed by atoms with Crippen molar-refractivity contribution < 1.29 is 29.0 Å². The van der Waals surface area contributed by atoms with Crippen LogP contribution >= 0.6 is 11.3 Å². The van der Waals surface area contributed by atoms with Gasteiger partial charge < -0.3 is 19.9 Å². The summed E-state index contributed by atoms with van der Waals surface area (Å²) in [7, 11) is 3.28. The molecule has 0 saturated carbocycles. The van der Waals surface area contributed by atoms with Gasteiger partial charge in [-0.05, 0) is 45.2 Å². The lowest BCUT2D eigenvalue weighted by Gasteiger charge is -2.38. The highest BCUT2D eigenvalue weighted by Crippen LogP contribution is 2.20. The van der Waals surface area contributed by atoms with E-state index in [4.69, 9.17) is 9.47 Å². The molecular weight excluding hydrogens is 496 g/mol. The molecule has 0 bridgehead atoms. The maximum absolute atomic E-state index is 13.2. The molecule has 1 saturated heterocycles. The van der Waals surface area contributed by atoms with Crippen LogP contribution in [0, 0.1) is 5.92 Å². The van der Waals surface area contributed by atoms with E-state index >= 15 is 0 Å². The lowest BCUT2D eigenvalue weighted by atomic mass is 9.95. The van der Waals surface area contributed by atoms with Gasteiger partial charge in [0.05, 0.1) is 24.2 Å². The third-order valence-electron chi connectivity index (χ3n) is 6.96. The number of piperidine rings is 1. The molecule has 1 aromatic rings. The number of aromatic nitrogens is 1. The number of hydrogen-bond donors (Lipinski definition) is 2. The zero-order chi connectivity index (χ0) is 27.4. The van der Waals surface area contributed by atoms with Gasteiger partial charge in [0.1, 0.15) is 13.0 Å². The summed E-state index contributed by atoms with van der Waals surface area (Å²) in [6.45, 7) is 7.15. The van der Waals surface area contributed by atoms with Crippen molar-refractivity contribution in [3.8, 4) is 0 Å². The predicted molar refractivity (Wildman–Crippen MR) is 142 cm³/mol. The number of ether oxygens (including phenoxy) is 2. The van der Waals surface area contributed by atoms with Crippen LogP contribution in [0.25, 0.3) is 0 Å². The number of amides is 1. The van der Waals surface area contributed by atoms with Crippen molar-refractivity contribution in [1.82, 2.24) is 20.1 Å². The predicted octanol–water partition coefficient (Wildman–Crippen LogP) is 2.80. The summed E-state index contributed by atoms with van der Waals surface area (Å²) in [5.41, 5.74) is 0.278. The molecule has 2 heterocycles. The molecule has 0 radical (unpaired) electrons. The van der Waals surface area contributed by atoms with Crippen LogP contribution in [0.3, 0.4) is 0 Å². The van der Waals surface area contributed by atoms with Crippen LogP contribution < -0.4 is 5.32 Å². The number of likely N-dealkylation sites (N-methyl/N-ethyl adjacent to an activating group) is 1. The molecule has 1 aromatic heterocycles. The number of thiazole rings is 1. The van der Waals surface area contributed by atoms with Gasteiger partial charge in [0.2, 0.25) is 5.91 Å². The van der Waals surface area contributed by atoms with E-state index < -0.39 is 18.2 Å². The second kappa shape index (κ2) is 16.0. The molecule has 0 spiro atoms. The van der Waals surface area contributed by atoms with E-state index in [1.807, 2.05) is 27.8 Å². The average Bonchev–Trinajstić information content (AvgIpc) is 3.37. The van der Waals surface area contributed by atoms with Crippen LogP contribution in [-0.2, 0) is 25.5 Å². The summed E-state index contributed by atoms with van der Waals surface area (Å²) in [4.78, 5) is 45.0. The molecule has 37 heavy (non-hydrogen) atoms. The molecule has 0 aromatic carbocycles. The van der Waals surface area contributed by atoms with E-state index in [1.54, 1.807) is 10.3 Å². The van der Waals surface area contributed by atoms with E-state index in [0.29, 0.717) is 32.2 Å². The zero-order valence-corrected chi connectivity index (χ0v) is 23.7. The minimum atomic E-state index is -1.04. The summed E-state index contributed by atoms with van der Waals surface area (Å²) < 4.78 is 10.2. The standard InChI is InChI=1S/C26H44N4O6S/c1-6-11-22(31)36-17-30(15-10-13-21-27-19(16-37-21)26(34)35-5)25(33)23(18(3)7-2)28-24(32)20-12-8-9-14-29(20)4/h16,18,20,23,25,33H,6-15,17H2,1-5H3,(H,28,32). The number of carbonyl (C=O) groups is 3. The number of aliphatic hydroxyl groups is 1. The first-order valence-electron chi connectivity index (χ1n) is 13.3. The topological polar surface area (TPSA) is 121 Å². The maximum Gasteiger partial charge on any atom is 0.357 e. The highest BCUT2D eigenvalue weighted by atomic mass is 32.1. The molecule has 210 valence electrons. The minimum Gasteiger partial charge on any atom is -0.464 e. The summed E-state index contributed by atoms with van der Waals surface area (Å²) in [6, 6.07) is -0.735. The van der Waals surface area contributed by atoms with Crippen LogP contribution in [0.5, 0.6) is 0 Å². The monoisotopic (exact) mass is 540 g/mol. The van der Waals surface area contributed by atoms with Gasteiger partial charge in [-0.25, -0.2) is 14.7 Å². The zero-order valence-electron chi connectivity index (χ0n) is 22.9. The Balaban J connectivity index is 2.11. The molecular formula is C26H44N4O6S. The molecule has 1 aliphatic heterocycles. The number of rotatable bonds is 15. The lowest BCUT2D eigenvalue weighted by molar-refractivity contribution is -0.157. The third-order valence-corrected chi connectivity index (χ3v) is 7.87. The Morgan fingerprint density at radius 3 is 2.73 bits per heavy atom. The number of nitrogens with one attached hydrogen (secondary N) is 1. The van der Waals surface area contributed by atoms with Gasteiger partial charge in [0, 0.05) is 24.8 Å². The molecule has 11 heteroatoms. The van der Waals surface area contributed by atoms with Gasteiger partial charge in [0.25, 0.3) is 0 Å². The average molecular weight is 541 g/mol. The van der Waals surface area contributed by atoms with Crippen LogP contribution in [0.4, 0.5) is 0 Å². The van der Waals surface area contributed by atoms with E-state index in [-0.39, 0.29) is 36.3 Å². The highest BCUT2D eigenvalue weighted by molar-refractivity contribution is 7.09. The summed E-state index contributed by atoms with van der Waals surface area (Å²) >= 11 is 1.38. The maximum atomic E-state index is 13.2. The number of methoxy groups -OCH3 is 1. The number of nitrogens with zero attached hydrogens (tertiary/aromatic N) is 3. The summed E-state index contributed by atoms with van der Waals surface area (Å²) in [6.07, 6.45) is 4.79. The van der Waals surface area contributed by atoms with Gasteiger partial charge in [0.15, 0.2) is 5.69 Å². The van der Waals surface area contributed by atoms with Gasteiger partial charge >= 0.3 is 11.9 Å². The molecule has 1 fully saturated rings. The summed E-state index contributed by atoms with van der Waals surface area (Å²) in [5, 5.41) is 17.0.